The van der Waals surface area contributed by atoms with Gasteiger partial charge < -0.3 is 15.2 Å². The number of piperidine rings is 1. The molecule has 1 amide bonds. The molecule has 0 saturated carbocycles. The summed E-state index contributed by atoms with van der Waals surface area (Å²) in [5.41, 5.74) is 1.18. The Balaban J connectivity index is 1.92. The highest BCUT2D eigenvalue weighted by Crippen LogP contribution is 2.25. The minimum Gasteiger partial charge on any atom is -0.495 e. The van der Waals surface area contributed by atoms with Crippen LogP contribution in [0.3, 0.4) is 0 Å². The number of methoxy groups -OCH3 is 1. The predicted octanol–water partition coefficient (Wildman–Crippen LogP) is 1.79. The molecule has 0 bridgehead atoms. The molecule has 1 fully saturated rings. The zero-order chi connectivity index (χ0) is 15.5. The lowest BCUT2D eigenvalue weighted by Crippen LogP contribution is -2.45. The number of aliphatic hydroxyl groups is 1. The quantitative estimate of drug-likeness (QED) is 0.888. The summed E-state index contributed by atoms with van der Waals surface area (Å²) >= 11 is 0. The monoisotopic (exact) mass is 292 g/mol. The van der Waals surface area contributed by atoms with E-state index in [0.717, 1.165) is 18.7 Å². The number of benzene rings is 1. The molecule has 1 heterocycles. The second-order valence-corrected chi connectivity index (χ2v) is 6.03. The van der Waals surface area contributed by atoms with Crippen molar-refractivity contribution in [3.8, 4) is 5.75 Å². The number of carbonyl (C=O) groups is 1. The fourth-order valence-corrected chi connectivity index (χ4v) is 2.51. The number of hydrogen-bond acceptors (Lipinski definition) is 4. The van der Waals surface area contributed by atoms with Gasteiger partial charge in [-0.05, 0) is 44.4 Å². The van der Waals surface area contributed by atoms with E-state index in [1.54, 1.807) is 7.11 Å². The number of hydrogen-bond donors (Lipinski definition) is 2. The van der Waals surface area contributed by atoms with Gasteiger partial charge >= 0.3 is 0 Å². The van der Waals surface area contributed by atoms with E-state index in [-0.39, 0.29) is 5.91 Å². The van der Waals surface area contributed by atoms with Crippen LogP contribution in [0.15, 0.2) is 18.2 Å². The summed E-state index contributed by atoms with van der Waals surface area (Å²) < 4.78 is 5.26. The van der Waals surface area contributed by atoms with Gasteiger partial charge in [0.15, 0.2) is 0 Å². The van der Waals surface area contributed by atoms with Crippen LogP contribution in [0, 0.1) is 6.92 Å². The van der Waals surface area contributed by atoms with Gasteiger partial charge in [0.25, 0.3) is 0 Å². The van der Waals surface area contributed by atoms with Gasteiger partial charge in [-0.25, -0.2) is 0 Å². The highest BCUT2D eigenvalue weighted by Gasteiger charge is 2.28. The highest BCUT2D eigenvalue weighted by molar-refractivity contribution is 5.93. The Morgan fingerprint density at radius 3 is 2.71 bits per heavy atom. The summed E-state index contributed by atoms with van der Waals surface area (Å²) in [7, 11) is 1.59. The van der Waals surface area contributed by atoms with E-state index >= 15 is 0 Å². The first-order chi connectivity index (χ1) is 9.89. The van der Waals surface area contributed by atoms with E-state index in [1.165, 1.54) is 0 Å². The third kappa shape index (κ3) is 4.44. The molecule has 2 rings (SSSR count). The van der Waals surface area contributed by atoms with Crippen LogP contribution in [0.2, 0.25) is 0 Å². The standard InChI is InChI=1S/C16H24N2O3/c1-12-4-5-14(21-3)13(10-12)17-15(19)11-18-8-6-16(2,20)7-9-18/h4-5,10,20H,6-9,11H2,1-3H3,(H,17,19). The van der Waals surface area contributed by atoms with Crippen LogP contribution in [0.4, 0.5) is 5.69 Å². The fraction of sp³-hybridized carbons (Fsp3) is 0.562. The largest absolute Gasteiger partial charge is 0.495 e. The Labute approximate surface area is 125 Å². The average molecular weight is 292 g/mol. The van der Waals surface area contributed by atoms with Gasteiger partial charge in [0.2, 0.25) is 5.91 Å². The Hall–Kier alpha value is -1.59. The number of nitrogens with one attached hydrogen (secondary N) is 1. The van der Waals surface area contributed by atoms with Gasteiger partial charge in [0.05, 0.1) is 24.9 Å². The minimum atomic E-state index is -0.591. The first-order valence-corrected chi connectivity index (χ1v) is 7.29. The molecule has 5 nitrogen and oxygen atoms in total. The lowest BCUT2D eigenvalue weighted by atomic mass is 9.94. The highest BCUT2D eigenvalue weighted by atomic mass is 16.5. The third-order valence-electron chi connectivity index (χ3n) is 3.93. The zero-order valence-corrected chi connectivity index (χ0v) is 13.0. The van der Waals surface area contributed by atoms with Crippen LogP contribution in [0.1, 0.15) is 25.3 Å². The van der Waals surface area contributed by atoms with Crippen LogP contribution in [0.5, 0.6) is 5.75 Å². The summed E-state index contributed by atoms with van der Waals surface area (Å²) in [6.45, 7) is 5.65. The SMILES string of the molecule is COc1ccc(C)cc1NC(=O)CN1CCC(C)(O)CC1. The average Bonchev–Trinajstić information content (AvgIpc) is 2.41. The Morgan fingerprint density at radius 1 is 1.43 bits per heavy atom. The van der Waals surface area contributed by atoms with Gasteiger partial charge in [0, 0.05) is 13.1 Å². The van der Waals surface area contributed by atoms with Crippen molar-refractivity contribution < 1.29 is 14.6 Å². The van der Waals surface area contributed by atoms with Crippen LogP contribution < -0.4 is 10.1 Å². The molecule has 1 aliphatic rings. The van der Waals surface area contributed by atoms with E-state index < -0.39 is 5.60 Å². The van der Waals surface area contributed by atoms with Crippen LogP contribution in [-0.2, 0) is 4.79 Å². The molecule has 1 aromatic carbocycles. The zero-order valence-electron chi connectivity index (χ0n) is 13.0. The number of ether oxygens (including phenoxy) is 1. The number of carbonyl (C=O) groups excluding carboxylic acids is 1. The van der Waals surface area contributed by atoms with Crippen molar-refractivity contribution in [1.29, 1.82) is 0 Å². The van der Waals surface area contributed by atoms with E-state index in [4.69, 9.17) is 4.74 Å². The topological polar surface area (TPSA) is 61.8 Å². The number of nitrogens with zero attached hydrogens (tertiary/aromatic N) is 1. The minimum absolute atomic E-state index is 0.0551. The number of aryl methyl sites for hydroxylation is 1. The summed E-state index contributed by atoms with van der Waals surface area (Å²) in [4.78, 5) is 14.2. The third-order valence-corrected chi connectivity index (χ3v) is 3.93. The van der Waals surface area contributed by atoms with Gasteiger partial charge in [-0.2, -0.15) is 0 Å². The van der Waals surface area contributed by atoms with E-state index in [1.807, 2.05) is 32.0 Å². The van der Waals surface area contributed by atoms with Crippen LogP contribution in [0.25, 0.3) is 0 Å². The molecule has 1 aromatic rings. The number of anilines is 1. The summed E-state index contributed by atoms with van der Waals surface area (Å²) in [6, 6.07) is 5.70. The molecule has 1 saturated heterocycles. The summed E-state index contributed by atoms with van der Waals surface area (Å²) in [5, 5.41) is 12.8. The maximum Gasteiger partial charge on any atom is 0.238 e. The normalized spacial score (nSPS) is 18.3. The molecule has 0 aliphatic carbocycles. The fourth-order valence-electron chi connectivity index (χ4n) is 2.51. The van der Waals surface area contributed by atoms with Gasteiger partial charge in [-0.3, -0.25) is 9.69 Å². The van der Waals surface area contributed by atoms with Gasteiger partial charge in [0.1, 0.15) is 5.75 Å². The molecule has 5 heteroatoms. The van der Waals surface area contributed by atoms with Gasteiger partial charge in [-0.15, -0.1) is 0 Å². The van der Waals surface area contributed by atoms with Crippen molar-refractivity contribution in [2.24, 2.45) is 0 Å². The number of rotatable bonds is 4. The number of amides is 1. The number of likely N-dealkylation sites (tertiary alicyclic amines) is 1. The smallest absolute Gasteiger partial charge is 0.238 e. The molecular formula is C16H24N2O3. The summed E-state index contributed by atoms with van der Waals surface area (Å²) in [5.74, 6) is 0.607. The van der Waals surface area contributed by atoms with Crippen molar-refractivity contribution in [2.75, 3.05) is 32.1 Å². The van der Waals surface area contributed by atoms with Crippen molar-refractivity contribution in [3.63, 3.8) is 0 Å². The summed E-state index contributed by atoms with van der Waals surface area (Å²) in [6.07, 6.45) is 1.40. The molecule has 0 spiro atoms. The maximum absolute atomic E-state index is 12.2. The Kier molecular flexibility index (Phi) is 4.85. The second kappa shape index (κ2) is 6.45. The van der Waals surface area contributed by atoms with Crippen molar-refractivity contribution >= 4 is 11.6 Å². The second-order valence-electron chi connectivity index (χ2n) is 6.03. The van der Waals surface area contributed by atoms with E-state index in [2.05, 4.69) is 10.2 Å². The molecule has 0 unspecified atom stereocenters. The molecule has 116 valence electrons. The van der Waals surface area contributed by atoms with Crippen molar-refractivity contribution in [3.05, 3.63) is 23.8 Å². The molecule has 0 aromatic heterocycles. The Morgan fingerprint density at radius 2 is 2.10 bits per heavy atom. The van der Waals surface area contributed by atoms with Crippen LogP contribution in [-0.4, -0.2) is 48.3 Å². The predicted molar refractivity (Wildman–Crippen MR) is 82.7 cm³/mol. The molecule has 0 radical (unpaired) electrons. The first kappa shape index (κ1) is 15.8. The maximum atomic E-state index is 12.2. The Bertz CT molecular complexity index is 504. The molecule has 2 N–H and O–H groups in total. The lowest BCUT2D eigenvalue weighted by molar-refractivity contribution is -0.118. The first-order valence-electron chi connectivity index (χ1n) is 7.29. The van der Waals surface area contributed by atoms with E-state index in [9.17, 15) is 9.90 Å². The van der Waals surface area contributed by atoms with Crippen molar-refractivity contribution in [2.45, 2.75) is 32.3 Å². The molecular weight excluding hydrogens is 268 g/mol. The van der Waals surface area contributed by atoms with Gasteiger partial charge in [-0.1, -0.05) is 6.07 Å². The lowest BCUT2D eigenvalue weighted by Gasteiger charge is -2.35. The van der Waals surface area contributed by atoms with Crippen LogP contribution >= 0.6 is 0 Å². The van der Waals surface area contributed by atoms with E-state index in [0.29, 0.717) is 30.8 Å². The molecule has 0 atom stereocenters. The molecule has 1 aliphatic heterocycles. The van der Waals surface area contributed by atoms with Crippen molar-refractivity contribution in [1.82, 2.24) is 4.90 Å². The molecule has 21 heavy (non-hydrogen) atoms.